The average Bonchev–Trinajstić information content (AvgIpc) is 3.22. The number of methoxy groups -OCH3 is 2. The number of nitrogens with zero attached hydrogens (tertiary/aromatic N) is 2. The molecule has 2 aromatic carbocycles. The molecule has 9 heteroatoms. The molecule has 1 aliphatic heterocycles. The molecule has 1 aliphatic rings. The van der Waals surface area contributed by atoms with Crippen LogP contribution in [0, 0.1) is 0 Å². The maximum atomic E-state index is 14.1. The number of ether oxygens (including phenoxy) is 4. The van der Waals surface area contributed by atoms with Crippen molar-refractivity contribution in [1.29, 1.82) is 0 Å². The van der Waals surface area contributed by atoms with Crippen LogP contribution in [0.3, 0.4) is 0 Å². The van der Waals surface area contributed by atoms with Crippen molar-refractivity contribution >= 4 is 23.4 Å². The number of hydrogen-bond donors (Lipinski definition) is 0. The largest absolute Gasteiger partial charge is 0.493 e. The summed E-state index contributed by atoms with van der Waals surface area (Å²) in [6.45, 7) is 11.4. The van der Waals surface area contributed by atoms with E-state index in [1.807, 2.05) is 50.2 Å². The van der Waals surface area contributed by atoms with Gasteiger partial charge in [-0.1, -0.05) is 35.6 Å². The van der Waals surface area contributed by atoms with E-state index in [1.54, 1.807) is 44.8 Å². The van der Waals surface area contributed by atoms with Gasteiger partial charge in [0.05, 0.1) is 42.7 Å². The van der Waals surface area contributed by atoms with Gasteiger partial charge in [-0.05, 0) is 64.0 Å². The Balaban J connectivity index is 1.98. The predicted molar refractivity (Wildman–Crippen MR) is 156 cm³/mol. The Kier molecular flexibility index (Phi) is 8.94. The van der Waals surface area contributed by atoms with Crippen LogP contribution < -0.4 is 29.1 Å². The molecule has 0 radical (unpaired) electrons. The number of fused-ring (bicyclic) bond motifs is 1. The third-order valence-corrected chi connectivity index (χ3v) is 7.32. The topological polar surface area (TPSA) is 88.4 Å². The van der Waals surface area contributed by atoms with E-state index in [0.29, 0.717) is 49.8 Å². The number of para-hydroxylation sites is 1. The van der Waals surface area contributed by atoms with Gasteiger partial charge in [-0.2, -0.15) is 0 Å². The van der Waals surface area contributed by atoms with E-state index in [2.05, 4.69) is 11.6 Å². The van der Waals surface area contributed by atoms with Crippen molar-refractivity contribution in [2.75, 3.05) is 20.8 Å². The van der Waals surface area contributed by atoms with E-state index in [-0.39, 0.29) is 18.3 Å². The summed E-state index contributed by atoms with van der Waals surface area (Å²) in [5.74, 6) is 1.25. The highest BCUT2D eigenvalue weighted by molar-refractivity contribution is 7.07. The second kappa shape index (κ2) is 12.4. The zero-order valence-electron chi connectivity index (χ0n) is 23.6. The lowest BCUT2D eigenvalue weighted by atomic mass is 9.95. The normalized spacial score (nSPS) is 15.0. The molecular weight excluding hydrogens is 528 g/mol. The highest BCUT2D eigenvalue weighted by Crippen LogP contribution is 2.36. The number of benzene rings is 2. The standard InChI is InChI=1S/C31H34N2O6S/c1-8-12-21-15-20(16-24(36-6)28(21)37-7)17-25-29(34)33-27(22-13-10-11-14-23(22)39-18(3)4)26(30(35)38-9-2)19(5)32-31(33)40-25/h8,10-11,13-18,27H,1,9,12H2,2-7H3/b25-17+/t27-/m0/s1. The first kappa shape index (κ1) is 28.9. The van der Waals surface area contributed by atoms with Crippen molar-refractivity contribution in [3.63, 3.8) is 0 Å². The zero-order chi connectivity index (χ0) is 29.0. The first-order valence-corrected chi connectivity index (χ1v) is 13.9. The van der Waals surface area contributed by atoms with Crippen LogP contribution in [0.25, 0.3) is 6.08 Å². The van der Waals surface area contributed by atoms with E-state index in [1.165, 1.54) is 11.3 Å². The lowest BCUT2D eigenvalue weighted by Crippen LogP contribution is -2.40. The van der Waals surface area contributed by atoms with Crippen molar-refractivity contribution < 1.29 is 23.7 Å². The quantitative estimate of drug-likeness (QED) is 0.270. The van der Waals surface area contributed by atoms with E-state index in [4.69, 9.17) is 18.9 Å². The minimum Gasteiger partial charge on any atom is -0.493 e. The number of thiazole rings is 1. The Morgan fingerprint density at radius 3 is 2.58 bits per heavy atom. The van der Waals surface area contributed by atoms with Crippen molar-refractivity contribution in [2.45, 2.75) is 46.3 Å². The summed E-state index contributed by atoms with van der Waals surface area (Å²) >= 11 is 1.26. The smallest absolute Gasteiger partial charge is 0.338 e. The Morgan fingerprint density at radius 1 is 1.18 bits per heavy atom. The lowest BCUT2D eigenvalue weighted by molar-refractivity contribution is -0.139. The van der Waals surface area contributed by atoms with E-state index in [9.17, 15) is 9.59 Å². The number of esters is 1. The van der Waals surface area contributed by atoms with Gasteiger partial charge < -0.3 is 18.9 Å². The molecule has 0 spiro atoms. The first-order chi connectivity index (χ1) is 19.2. The number of hydrogen-bond acceptors (Lipinski definition) is 8. The molecule has 210 valence electrons. The summed E-state index contributed by atoms with van der Waals surface area (Å²) < 4.78 is 24.7. The van der Waals surface area contributed by atoms with Crippen molar-refractivity contribution in [3.05, 3.63) is 96.7 Å². The molecule has 8 nitrogen and oxygen atoms in total. The number of carbonyl (C=O) groups is 1. The molecule has 2 heterocycles. The van der Waals surface area contributed by atoms with Gasteiger partial charge in [0, 0.05) is 11.1 Å². The monoisotopic (exact) mass is 562 g/mol. The molecule has 4 rings (SSSR count). The van der Waals surface area contributed by atoms with Crippen LogP contribution in [0.15, 0.2) is 70.1 Å². The first-order valence-electron chi connectivity index (χ1n) is 13.0. The minimum atomic E-state index is -0.769. The van der Waals surface area contributed by atoms with E-state index >= 15 is 0 Å². The van der Waals surface area contributed by atoms with Crippen LogP contribution in [-0.4, -0.2) is 37.5 Å². The van der Waals surface area contributed by atoms with Crippen LogP contribution in [0.4, 0.5) is 0 Å². The molecule has 0 saturated heterocycles. The lowest BCUT2D eigenvalue weighted by Gasteiger charge is -2.26. The van der Waals surface area contributed by atoms with Gasteiger partial charge in [-0.15, -0.1) is 6.58 Å². The van der Waals surface area contributed by atoms with E-state index in [0.717, 1.165) is 11.1 Å². The SMILES string of the molecule is C=CCc1cc(/C=c2/sc3n(c2=O)[C@@H](c2ccccc2OC(C)C)C(C(=O)OCC)=C(C)N=3)cc(OC)c1OC. The second-order valence-corrected chi connectivity index (χ2v) is 10.4. The third-order valence-electron chi connectivity index (χ3n) is 6.33. The number of allylic oxidation sites excluding steroid dienone is 2. The van der Waals surface area contributed by atoms with Gasteiger partial charge >= 0.3 is 5.97 Å². The number of carbonyl (C=O) groups excluding carboxylic acids is 1. The Bertz CT molecular complexity index is 1650. The second-order valence-electron chi connectivity index (χ2n) is 9.42. The fraction of sp³-hybridized carbons (Fsp3) is 0.323. The van der Waals surface area contributed by atoms with Gasteiger partial charge in [0.2, 0.25) is 0 Å². The molecule has 1 atom stereocenters. The molecule has 40 heavy (non-hydrogen) atoms. The van der Waals surface area contributed by atoms with Crippen LogP contribution in [0.1, 0.15) is 50.4 Å². The molecule has 0 aliphatic carbocycles. The number of rotatable bonds is 10. The van der Waals surface area contributed by atoms with Crippen molar-refractivity contribution in [3.8, 4) is 17.2 Å². The highest BCUT2D eigenvalue weighted by atomic mass is 32.1. The molecule has 0 saturated carbocycles. The van der Waals surface area contributed by atoms with Gasteiger partial charge in [0.25, 0.3) is 5.56 Å². The fourth-order valence-electron chi connectivity index (χ4n) is 4.76. The molecule has 0 unspecified atom stereocenters. The molecular formula is C31H34N2O6S. The highest BCUT2D eigenvalue weighted by Gasteiger charge is 2.35. The maximum Gasteiger partial charge on any atom is 0.338 e. The summed E-state index contributed by atoms with van der Waals surface area (Å²) in [6, 6.07) is 10.4. The summed E-state index contributed by atoms with van der Waals surface area (Å²) in [5, 5.41) is 0. The molecule has 1 aromatic heterocycles. The molecule has 0 bridgehead atoms. The summed E-state index contributed by atoms with van der Waals surface area (Å²) in [7, 11) is 3.16. The third kappa shape index (κ3) is 5.60. The van der Waals surface area contributed by atoms with Crippen molar-refractivity contribution in [1.82, 2.24) is 4.57 Å². The maximum absolute atomic E-state index is 14.1. The van der Waals surface area contributed by atoms with Crippen LogP contribution in [-0.2, 0) is 16.0 Å². The minimum absolute atomic E-state index is 0.108. The van der Waals surface area contributed by atoms with Gasteiger partial charge in [0.15, 0.2) is 16.3 Å². The van der Waals surface area contributed by atoms with Crippen molar-refractivity contribution in [2.24, 2.45) is 4.99 Å². The molecule has 0 fully saturated rings. The summed E-state index contributed by atoms with van der Waals surface area (Å²) in [5.41, 5.74) is 2.85. The zero-order valence-corrected chi connectivity index (χ0v) is 24.5. The fourth-order valence-corrected chi connectivity index (χ4v) is 5.81. The Labute approximate surface area is 237 Å². The van der Waals surface area contributed by atoms with Crippen LogP contribution in [0.2, 0.25) is 0 Å². The van der Waals surface area contributed by atoms with Crippen LogP contribution >= 0.6 is 11.3 Å². The van der Waals surface area contributed by atoms with Gasteiger partial charge in [-0.25, -0.2) is 9.79 Å². The van der Waals surface area contributed by atoms with Crippen LogP contribution in [0.5, 0.6) is 17.2 Å². The summed E-state index contributed by atoms with van der Waals surface area (Å²) in [4.78, 5) is 32.4. The predicted octanol–water partition coefficient (Wildman–Crippen LogP) is 4.33. The molecule has 0 amide bonds. The van der Waals surface area contributed by atoms with Gasteiger partial charge in [-0.3, -0.25) is 9.36 Å². The molecule has 3 aromatic rings. The Morgan fingerprint density at radius 2 is 1.93 bits per heavy atom. The summed E-state index contributed by atoms with van der Waals surface area (Å²) in [6.07, 6.45) is 4.04. The Hall–Kier alpha value is -4.11. The average molecular weight is 563 g/mol. The molecule has 0 N–H and O–H groups in total. The van der Waals surface area contributed by atoms with E-state index < -0.39 is 12.0 Å². The number of aromatic nitrogens is 1. The van der Waals surface area contributed by atoms with Gasteiger partial charge in [0.1, 0.15) is 11.8 Å².